The highest BCUT2D eigenvalue weighted by molar-refractivity contribution is 6.30. The van der Waals surface area contributed by atoms with Crippen LogP contribution in [-0.4, -0.2) is 61.7 Å². The van der Waals surface area contributed by atoms with Crippen LogP contribution in [0.15, 0.2) is 42.5 Å². The van der Waals surface area contributed by atoms with Gasteiger partial charge in [0.2, 0.25) is 0 Å². The second-order valence-electron chi connectivity index (χ2n) is 8.94. The molecule has 7 heteroatoms. The van der Waals surface area contributed by atoms with Crippen LogP contribution in [0.1, 0.15) is 41.6 Å². The van der Waals surface area contributed by atoms with E-state index in [1.54, 1.807) is 13.2 Å². The molecule has 0 radical (unpaired) electrons. The molecule has 5 nitrogen and oxygen atoms in total. The van der Waals surface area contributed by atoms with Crippen LogP contribution in [0.5, 0.6) is 5.75 Å². The Morgan fingerprint density at radius 2 is 1.97 bits per heavy atom. The van der Waals surface area contributed by atoms with Crippen LogP contribution < -0.4 is 4.74 Å². The smallest absolute Gasteiger partial charge is 0.257 e. The molecule has 2 aliphatic rings. The van der Waals surface area contributed by atoms with E-state index in [4.69, 9.17) is 21.1 Å². The van der Waals surface area contributed by atoms with Crippen molar-refractivity contribution in [1.29, 1.82) is 0 Å². The minimum atomic E-state index is -0.396. The molecule has 178 valence electrons. The predicted molar refractivity (Wildman–Crippen MR) is 127 cm³/mol. The Kier molecular flexibility index (Phi) is 8.23. The van der Waals surface area contributed by atoms with Crippen LogP contribution in [0.3, 0.4) is 0 Å². The third-order valence-electron chi connectivity index (χ3n) is 6.73. The number of ether oxygens (including phenoxy) is 2. The Labute approximate surface area is 200 Å². The summed E-state index contributed by atoms with van der Waals surface area (Å²) < 4.78 is 25.8. The lowest BCUT2D eigenvalue weighted by Crippen LogP contribution is -2.46. The number of fused-ring (bicyclic) bond motifs is 3. The summed E-state index contributed by atoms with van der Waals surface area (Å²) in [5.41, 5.74) is 1.49. The van der Waals surface area contributed by atoms with Crippen LogP contribution in [0, 0.1) is 11.7 Å². The van der Waals surface area contributed by atoms with Gasteiger partial charge >= 0.3 is 0 Å². The first kappa shape index (κ1) is 24.0. The molecule has 0 unspecified atom stereocenters. The first-order valence-corrected chi connectivity index (χ1v) is 12.1. The molecule has 0 saturated carbocycles. The number of carbonyl (C=O) groups excluding carboxylic acids is 1. The fourth-order valence-electron chi connectivity index (χ4n) is 4.91. The van der Waals surface area contributed by atoms with Gasteiger partial charge in [-0.15, -0.1) is 0 Å². The number of rotatable bonds is 3. The second-order valence-corrected chi connectivity index (χ2v) is 9.35. The molecular formula is C26H32ClFN2O3. The minimum absolute atomic E-state index is 0.0238. The molecule has 2 aromatic carbocycles. The summed E-state index contributed by atoms with van der Waals surface area (Å²) in [6, 6.07) is 12.4. The van der Waals surface area contributed by atoms with Gasteiger partial charge in [0, 0.05) is 39.2 Å². The molecule has 2 aromatic rings. The second kappa shape index (κ2) is 11.3. The number of piperidine rings is 1. The molecule has 0 aromatic heterocycles. The maximum absolute atomic E-state index is 13.9. The van der Waals surface area contributed by atoms with Crippen molar-refractivity contribution >= 4 is 17.5 Å². The minimum Gasteiger partial charge on any atom is -0.491 e. The summed E-state index contributed by atoms with van der Waals surface area (Å²) in [6.45, 7) is 4.06. The van der Waals surface area contributed by atoms with Crippen LogP contribution >= 0.6 is 11.6 Å². The lowest BCUT2D eigenvalue weighted by Gasteiger charge is -2.38. The lowest BCUT2D eigenvalue weighted by atomic mass is 9.89. The molecule has 2 heterocycles. The summed E-state index contributed by atoms with van der Waals surface area (Å²) in [5.74, 6) is 0.563. The lowest BCUT2D eigenvalue weighted by molar-refractivity contribution is -0.00702. The SMILES string of the molecule is CO[C@H]1CCN2C[C@H]1CCCCN(Cc1ccc(Cl)c(F)c1)CCOc1ccccc1C2=O. The van der Waals surface area contributed by atoms with E-state index < -0.39 is 5.82 Å². The molecule has 2 atom stereocenters. The molecule has 0 N–H and O–H groups in total. The Morgan fingerprint density at radius 3 is 2.79 bits per heavy atom. The van der Waals surface area contributed by atoms with Gasteiger partial charge < -0.3 is 14.4 Å². The van der Waals surface area contributed by atoms with E-state index in [0.29, 0.717) is 50.0 Å². The highest BCUT2D eigenvalue weighted by atomic mass is 35.5. The summed E-state index contributed by atoms with van der Waals surface area (Å²) in [6.07, 6.45) is 4.12. The van der Waals surface area contributed by atoms with E-state index in [9.17, 15) is 9.18 Å². The summed E-state index contributed by atoms with van der Waals surface area (Å²) in [7, 11) is 1.77. The monoisotopic (exact) mass is 474 g/mol. The summed E-state index contributed by atoms with van der Waals surface area (Å²) in [4.78, 5) is 17.6. The van der Waals surface area contributed by atoms with E-state index in [1.165, 1.54) is 6.07 Å². The first-order chi connectivity index (χ1) is 16.0. The van der Waals surface area contributed by atoms with Gasteiger partial charge in [-0.05, 0) is 55.6 Å². The molecule has 1 amide bonds. The van der Waals surface area contributed by atoms with E-state index in [1.807, 2.05) is 35.2 Å². The number of benzene rings is 2. The van der Waals surface area contributed by atoms with Gasteiger partial charge in [0.15, 0.2) is 0 Å². The molecular weight excluding hydrogens is 443 g/mol. The number of amides is 1. The Hall–Kier alpha value is -2.15. The molecule has 1 fully saturated rings. The quantitative estimate of drug-likeness (QED) is 0.626. The van der Waals surface area contributed by atoms with E-state index in [-0.39, 0.29) is 17.0 Å². The molecule has 4 rings (SSSR count). The van der Waals surface area contributed by atoms with Gasteiger partial charge in [-0.1, -0.05) is 36.2 Å². The highest BCUT2D eigenvalue weighted by Gasteiger charge is 2.32. The number of halogens is 2. The molecule has 1 saturated heterocycles. The van der Waals surface area contributed by atoms with Crippen molar-refractivity contribution in [3.63, 3.8) is 0 Å². The van der Waals surface area contributed by atoms with Crippen molar-refractivity contribution in [2.45, 2.75) is 38.3 Å². The standard InChI is InChI=1S/C26H32ClFN2O3/c1-32-24-11-13-30-18-20(24)6-4-5-12-29(17-19-9-10-22(27)23(28)16-19)14-15-33-25-8-3-2-7-21(25)26(30)31/h2-3,7-10,16,20,24H,4-6,11-15,17-18H2,1H3/t20-,24+/m1/s1. The molecule has 0 spiro atoms. The van der Waals surface area contributed by atoms with Crippen molar-refractivity contribution in [1.82, 2.24) is 9.80 Å². The fourth-order valence-corrected chi connectivity index (χ4v) is 5.03. The Bertz CT molecular complexity index is 957. The van der Waals surface area contributed by atoms with Gasteiger partial charge in [-0.2, -0.15) is 0 Å². The van der Waals surface area contributed by atoms with E-state index in [0.717, 1.165) is 37.8 Å². The normalized spacial score (nSPS) is 22.9. The third-order valence-corrected chi connectivity index (χ3v) is 7.03. The number of hydrogen-bond acceptors (Lipinski definition) is 4. The van der Waals surface area contributed by atoms with Crippen LogP contribution in [0.4, 0.5) is 4.39 Å². The maximum Gasteiger partial charge on any atom is 0.257 e. The van der Waals surface area contributed by atoms with Gasteiger partial charge in [-0.25, -0.2) is 4.39 Å². The van der Waals surface area contributed by atoms with Crippen LogP contribution in [0.2, 0.25) is 5.02 Å². The average Bonchev–Trinajstić information content (AvgIpc) is 2.83. The van der Waals surface area contributed by atoms with E-state index >= 15 is 0 Å². The number of para-hydroxylation sites is 1. The maximum atomic E-state index is 13.9. The van der Waals surface area contributed by atoms with Gasteiger partial charge in [0.1, 0.15) is 18.2 Å². The Balaban J connectivity index is 1.53. The average molecular weight is 475 g/mol. The first-order valence-electron chi connectivity index (χ1n) is 11.8. The molecule has 2 aliphatic heterocycles. The largest absolute Gasteiger partial charge is 0.491 e. The predicted octanol–water partition coefficient (Wildman–Crippen LogP) is 5.02. The number of nitrogens with zero attached hydrogens (tertiary/aromatic N) is 2. The zero-order valence-corrected chi connectivity index (χ0v) is 19.9. The Morgan fingerprint density at radius 1 is 1.12 bits per heavy atom. The van der Waals surface area contributed by atoms with Gasteiger partial charge in [0.25, 0.3) is 5.91 Å². The third kappa shape index (κ3) is 6.05. The van der Waals surface area contributed by atoms with Crippen molar-refractivity contribution in [2.24, 2.45) is 5.92 Å². The summed E-state index contributed by atoms with van der Waals surface area (Å²) in [5, 5.41) is 0.138. The number of carbonyl (C=O) groups is 1. The summed E-state index contributed by atoms with van der Waals surface area (Å²) >= 11 is 5.85. The van der Waals surface area contributed by atoms with Crippen molar-refractivity contribution < 1.29 is 18.7 Å². The van der Waals surface area contributed by atoms with Crippen LogP contribution in [0.25, 0.3) is 0 Å². The molecule has 0 aliphatic carbocycles. The topological polar surface area (TPSA) is 42.0 Å². The van der Waals surface area contributed by atoms with Gasteiger partial charge in [0.05, 0.1) is 16.7 Å². The van der Waals surface area contributed by atoms with Crippen molar-refractivity contribution in [3.05, 3.63) is 64.4 Å². The zero-order valence-electron chi connectivity index (χ0n) is 19.1. The fraction of sp³-hybridized carbons (Fsp3) is 0.500. The van der Waals surface area contributed by atoms with Crippen LogP contribution in [-0.2, 0) is 11.3 Å². The van der Waals surface area contributed by atoms with Gasteiger partial charge in [-0.3, -0.25) is 9.69 Å². The van der Waals surface area contributed by atoms with Crippen molar-refractivity contribution in [3.8, 4) is 5.75 Å². The number of methoxy groups -OCH3 is 1. The molecule has 2 bridgehead atoms. The highest BCUT2D eigenvalue weighted by Crippen LogP contribution is 2.28. The molecule has 33 heavy (non-hydrogen) atoms. The van der Waals surface area contributed by atoms with E-state index in [2.05, 4.69) is 4.90 Å². The zero-order chi connectivity index (χ0) is 23.2. The number of hydrogen-bond donors (Lipinski definition) is 0. The van der Waals surface area contributed by atoms with Crippen molar-refractivity contribution in [2.75, 3.05) is 39.9 Å².